The molecule has 2 atom stereocenters. The summed E-state index contributed by atoms with van der Waals surface area (Å²) in [7, 11) is 2.14. The third-order valence-electron chi connectivity index (χ3n) is 3.97. The summed E-state index contributed by atoms with van der Waals surface area (Å²) in [6.45, 7) is 4.25. The van der Waals surface area contributed by atoms with Gasteiger partial charge in [0.15, 0.2) is 0 Å². The van der Waals surface area contributed by atoms with Gasteiger partial charge in [-0.25, -0.2) is 0 Å². The molecule has 1 heterocycles. The van der Waals surface area contributed by atoms with E-state index >= 15 is 0 Å². The van der Waals surface area contributed by atoms with Gasteiger partial charge in [0.2, 0.25) is 0 Å². The van der Waals surface area contributed by atoms with Crippen LogP contribution in [0.25, 0.3) is 0 Å². The van der Waals surface area contributed by atoms with Crippen molar-refractivity contribution in [3.05, 3.63) is 35.9 Å². The first-order valence-electron chi connectivity index (χ1n) is 6.63. The lowest BCUT2D eigenvalue weighted by Gasteiger charge is -2.34. The van der Waals surface area contributed by atoms with Gasteiger partial charge in [0, 0.05) is 12.5 Å². The number of benzene rings is 1. The van der Waals surface area contributed by atoms with E-state index in [2.05, 4.69) is 31.0 Å². The summed E-state index contributed by atoms with van der Waals surface area (Å²) < 4.78 is 0. The van der Waals surface area contributed by atoms with Gasteiger partial charge in [0.25, 0.3) is 0 Å². The molecule has 0 aliphatic carbocycles. The van der Waals surface area contributed by atoms with Crippen molar-refractivity contribution in [3.63, 3.8) is 0 Å². The van der Waals surface area contributed by atoms with E-state index in [0.717, 1.165) is 37.9 Å². The lowest BCUT2D eigenvalue weighted by atomic mass is 9.77. The van der Waals surface area contributed by atoms with E-state index in [1.807, 2.05) is 18.2 Å². The van der Waals surface area contributed by atoms with Crippen molar-refractivity contribution in [2.24, 2.45) is 5.92 Å². The number of hydrogen-bond acceptors (Lipinski definition) is 2. The average molecular weight is 233 g/mol. The predicted molar refractivity (Wildman–Crippen MR) is 70.9 cm³/mol. The van der Waals surface area contributed by atoms with Gasteiger partial charge in [-0.15, -0.1) is 0 Å². The second kappa shape index (κ2) is 5.19. The molecule has 2 rings (SSSR count). The van der Waals surface area contributed by atoms with Gasteiger partial charge in [0.1, 0.15) is 0 Å². The summed E-state index contributed by atoms with van der Waals surface area (Å²) >= 11 is 0. The van der Waals surface area contributed by atoms with Crippen LogP contribution in [0.1, 0.15) is 31.7 Å². The highest BCUT2D eigenvalue weighted by molar-refractivity contribution is 5.23. The fourth-order valence-electron chi connectivity index (χ4n) is 3.02. The van der Waals surface area contributed by atoms with Crippen LogP contribution in [0.15, 0.2) is 30.3 Å². The Morgan fingerprint density at radius 2 is 2.06 bits per heavy atom. The summed E-state index contributed by atoms with van der Waals surface area (Å²) in [6.07, 6.45) is 2.98. The van der Waals surface area contributed by atoms with E-state index in [-0.39, 0.29) is 0 Å². The second-order valence-electron chi connectivity index (χ2n) is 5.29. The monoisotopic (exact) mass is 233 g/mol. The van der Waals surface area contributed by atoms with Crippen molar-refractivity contribution in [1.29, 1.82) is 0 Å². The third-order valence-corrected chi connectivity index (χ3v) is 3.97. The molecule has 0 unspecified atom stereocenters. The van der Waals surface area contributed by atoms with E-state index in [1.165, 1.54) is 0 Å². The van der Waals surface area contributed by atoms with Crippen LogP contribution in [-0.4, -0.2) is 30.1 Å². The standard InChI is InChI=1S/C15H23NO/c1-3-10-15(17,13-7-5-4-6-8-13)14-9-11-16(2)12-14/h4-8,14,17H,3,9-12H2,1-2H3/t14-,15-/m0/s1. The Balaban J connectivity index is 2.26. The Labute approximate surface area is 104 Å². The van der Waals surface area contributed by atoms with Gasteiger partial charge in [-0.2, -0.15) is 0 Å². The van der Waals surface area contributed by atoms with Gasteiger partial charge in [-0.05, 0) is 32.0 Å². The molecule has 1 aromatic carbocycles. The molecule has 1 saturated heterocycles. The molecule has 1 aliphatic heterocycles. The van der Waals surface area contributed by atoms with Crippen LogP contribution in [0.2, 0.25) is 0 Å². The van der Waals surface area contributed by atoms with E-state index < -0.39 is 5.60 Å². The number of nitrogens with zero attached hydrogens (tertiary/aromatic N) is 1. The van der Waals surface area contributed by atoms with Crippen LogP contribution < -0.4 is 0 Å². The number of likely N-dealkylation sites (tertiary alicyclic amines) is 1. The fraction of sp³-hybridized carbons (Fsp3) is 0.600. The fourth-order valence-corrected chi connectivity index (χ4v) is 3.02. The van der Waals surface area contributed by atoms with Crippen molar-refractivity contribution < 1.29 is 5.11 Å². The minimum Gasteiger partial charge on any atom is -0.385 e. The van der Waals surface area contributed by atoms with Gasteiger partial charge < -0.3 is 10.0 Å². The zero-order valence-electron chi connectivity index (χ0n) is 10.9. The normalized spacial score (nSPS) is 24.8. The summed E-state index contributed by atoms with van der Waals surface area (Å²) in [5, 5.41) is 11.1. The van der Waals surface area contributed by atoms with Crippen molar-refractivity contribution in [2.45, 2.75) is 31.8 Å². The predicted octanol–water partition coefficient (Wildman–Crippen LogP) is 2.63. The number of hydrogen-bond donors (Lipinski definition) is 1. The van der Waals surface area contributed by atoms with Crippen molar-refractivity contribution in [2.75, 3.05) is 20.1 Å². The minimum absolute atomic E-state index is 0.370. The molecule has 1 N–H and O–H groups in total. The molecule has 0 amide bonds. The summed E-state index contributed by atoms with van der Waals surface area (Å²) in [6, 6.07) is 10.2. The molecule has 94 valence electrons. The van der Waals surface area contributed by atoms with Gasteiger partial charge in [-0.3, -0.25) is 0 Å². The van der Waals surface area contributed by atoms with Crippen LogP contribution in [0.3, 0.4) is 0 Å². The quantitative estimate of drug-likeness (QED) is 0.864. The molecular weight excluding hydrogens is 210 g/mol. The molecule has 0 saturated carbocycles. The molecule has 0 radical (unpaired) electrons. The smallest absolute Gasteiger partial charge is 0.0937 e. The average Bonchev–Trinajstić information content (AvgIpc) is 2.78. The topological polar surface area (TPSA) is 23.5 Å². The highest BCUT2D eigenvalue weighted by Gasteiger charge is 2.40. The maximum Gasteiger partial charge on any atom is 0.0937 e. The Morgan fingerprint density at radius 1 is 1.35 bits per heavy atom. The van der Waals surface area contributed by atoms with Crippen LogP contribution in [-0.2, 0) is 5.60 Å². The Kier molecular flexibility index (Phi) is 3.85. The van der Waals surface area contributed by atoms with Crippen LogP contribution in [0, 0.1) is 5.92 Å². The largest absolute Gasteiger partial charge is 0.385 e. The molecule has 1 aromatic rings. The van der Waals surface area contributed by atoms with E-state index in [9.17, 15) is 5.11 Å². The van der Waals surface area contributed by atoms with E-state index in [0.29, 0.717) is 5.92 Å². The second-order valence-corrected chi connectivity index (χ2v) is 5.29. The van der Waals surface area contributed by atoms with Crippen LogP contribution in [0.5, 0.6) is 0 Å². The summed E-state index contributed by atoms with van der Waals surface area (Å²) in [4.78, 5) is 2.31. The summed E-state index contributed by atoms with van der Waals surface area (Å²) in [5.41, 5.74) is 0.447. The Bertz CT molecular complexity index is 351. The van der Waals surface area contributed by atoms with Gasteiger partial charge in [-0.1, -0.05) is 43.7 Å². The number of aliphatic hydroxyl groups is 1. The van der Waals surface area contributed by atoms with Gasteiger partial charge >= 0.3 is 0 Å². The molecular formula is C15H23NO. The molecule has 0 spiro atoms. The Morgan fingerprint density at radius 3 is 2.59 bits per heavy atom. The maximum atomic E-state index is 11.1. The van der Waals surface area contributed by atoms with Crippen LogP contribution >= 0.6 is 0 Å². The zero-order valence-corrected chi connectivity index (χ0v) is 10.9. The first kappa shape index (κ1) is 12.6. The van der Waals surface area contributed by atoms with Crippen molar-refractivity contribution >= 4 is 0 Å². The molecule has 1 aliphatic rings. The third kappa shape index (κ3) is 2.53. The molecule has 1 fully saturated rings. The number of rotatable bonds is 4. The highest BCUT2D eigenvalue weighted by atomic mass is 16.3. The van der Waals surface area contributed by atoms with Crippen molar-refractivity contribution in [1.82, 2.24) is 4.90 Å². The molecule has 2 nitrogen and oxygen atoms in total. The lowest BCUT2D eigenvalue weighted by Crippen LogP contribution is -2.36. The van der Waals surface area contributed by atoms with Crippen LogP contribution in [0.4, 0.5) is 0 Å². The van der Waals surface area contributed by atoms with Crippen molar-refractivity contribution in [3.8, 4) is 0 Å². The van der Waals surface area contributed by atoms with E-state index in [1.54, 1.807) is 0 Å². The molecule has 0 aromatic heterocycles. The van der Waals surface area contributed by atoms with E-state index in [4.69, 9.17) is 0 Å². The lowest BCUT2D eigenvalue weighted by molar-refractivity contribution is -0.0284. The highest BCUT2D eigenvalue weighted by Crippen LogP contribution is 2.38. The molecule has 17 heavy (non-hydrogen) atoms. The van der Waals surface area contributed by atoms with Gasteiger partial charge in [0.05, 0.1) is 5.60 Å². The first-order chi connectivity index (χ1) is 8.16. The first-order valence-corrected chi connectivity index (χ1v) is 6.63. The molecule has 0 bridgehead atoms. The Hall–Kier alpha value is -0.860. The zero-order chi connectivity index (χ0) is 12.3. The summed E-state index contributed by atoms with van der Waals surface area (Å²) in [5.74, 6) is 0.370. The molecule has 2 heteroatoms. The SMILES string of the molecule is CCC[C@](O)(c1ccccc1)[C@H]1CCN(C)C1. The minimum atomic E-state index is -0.638. The maximum absolute atomic E-state index is 11.1.